The normalized spacial score (nSPS) is 13.2. The summed E-state index contributed by atoms with van der Waals surface area (Å²) in [5, 5.41) is 12.3. The molecule has 0 aromatic heterocycles. The molecule has 0 aliphatic carbocycles. The smallest absolute Gasteiger partial charge is 0.331 e. The van der Waals surface area contributed by atoms with Crippen LogP contribution in [0.15, 0.2) is 18.2 Å². The monoisotopic (exact) mass is 343 g/mol. The molecular formula is C16H22ClNO5. The van der Waals surface area contributed by atoms with Crippen molar-refractivity contribution in [3.05, 3.63) is 28.8 Å². The molecule has 7 heteroatoms. The fraction of sp³-hybridized carbons (Fsp3) is 0.500. The van der Waals surface area contributed by atoms with Gasteiger partial charge in [-0.25, -0.2) is 4.79 Å². The minimum atomic E-state index is -1.43. The average Bonchev–Trinajstić information content (AvgIpc) is 2.47. The highest BCUT2D eigenvalue weighted by atomic mass is 35.5. The molecule has 1 unspecified atom stereocenters. The summed E-state index contributed by atoms with van der Waals surface area (Å²) >= 11 is 5.93. The van der Waals surface area contributed by atoms with Crippen LogP contribution in [0.5, 0.6) is 5.75 Å². The number of halogens is 1. The maximum absolute atomic E-state index is 11.8. The van der Waals surface area contributed by atoms with E-state index in [1.54, 1.807) is 12.1 Å². The third-order valence-electron chi connectivity index (χ3n) is 3.27. The number of hydrogen-bond acceptors (Lipinski definition) is 4. The van der Waals surface area contributed by atoms with Crippen LogP contribution in [0.1, 0.15) is 25.3 Å². The molecule has 0 aliphatic rings. The molecule has 1 aromatic carbocycles. The number of aliphatic carboxylic acids is 1. The first kappa shape index (κ1) is 19.3. The summed E-state index contributed by atoms with van der Waals surface area (Å²) in [5.41, 5.74) is -0.515. The molecule has 0 aliphatic heterocycles. The molecule has 0 saturated heterocycles. The van der Waals surface area contributed by atoms with Gasteiger partial charge in [0.1, 0.15) is 5.75 Å². The van der Waals surface area contributed by atoms with Crippen molar-refractivity contribution in [2.24, 2.45) is 0 Å². The summed E-state index contributed by atoms with van der Waals surface area (Å²) in [7, 11) is 1.38. The van der Waals surface area contributed by atoms with Gasteiger partial charge in [-0.05, 0) is 44.0 Å². The van der Waals surface area contributed by atoms with Crippen molar-refractivity contribution >= 4 is 23.5 Å². The van der Waals surface area contributed by atoms with E-state index in [1.165, 1.54) is 14.0 Å². The zero-order chi connectivity index (χ0) is 17.5. The zero-order valence-electron chi connectivity index (χ0n) is 13.5. The third-order valence-corrected chi connectivity index (χ3v) is 3.69. The Morgan fingerprint density at radius 2 is 2.09 bits per heavy atom. The zero-order valence-corrected chi connectivity index (χ0v) is 14.3. The number of ether oxygens (including phenoxy) is 2. The number of benzene rings is 1. The van der Waals surface area contributed by atoms with Crippen LogP contribution in [0, 0.1) is 6.92 Å². The Kier molecular flexibility index (Phi) is 7.32. The number of amides is 1. The maximum Gasteiger partial charge on any atom is 0.331 e. The predicted octanol–water partition coefficient (Wildman–Crippen LogP) is 2.41. The number of carboxylic acids is 1. The van der Waals surface area contributed by atoms with Crippen molar-refractivity contribution in [3.8, 4) is 5.75 Å². The summed E-state index contributed by atoms with van der Waals surface area (Å²) in [6.07, 6.45) is 0.634. The summed E-state index contributed by atoms with van der Waals surface area (Å²) in [6.45, 7) is 3.53. The van der Waals surface area contributed by atoms with Gasteiger partial charge in [0.25, 0.3) is 0 Å². The summed E-state index contributed by atoms with van der Waals surface area (Å²) in [4.78, 5) is 23.0. The quantitative estimate of drug-likeness (QED) is 0.673. The molecule has 1 atom stereocenters. The van der Waals surface area contributed by atoms with Gasteiger partial charge in [-0.15, -0.1) is 0 Å². The van der Waals surface area contributed by atoms with Crippen LogP contribution in [0.3, 0.4) is 0 Å². The van der Waals surface area contributed by atoms with Gasteiger partial charge in [0.05, 0.1) is 13.2 Å². The van der Waals surface area contributed by atoms with Crippen molar-refractivity contribution < 1.29 is 24.2 Å². The number of nitrogens with one attached hydrogen (secondary N) is 1. The molecule has 6 nitrogen and oxygen atoms in total. The van der Waals surface area contributed by atoms with Gasteiger partial charge in [0, 0.05) is 18.6 Å². The van der Waals surface area contributed by atoms with Crippen molar-refractivity contribution in [3.63, 3.8) is 0 Å². The lowest BCUT2D eigenvalue weighted by Crippen LogP contribution is -2.55. The van der Waals surface area contributed by atoms with Crippen molar-refractivity contribution in [2.75, 3.05) is 20.3 Å². The average molecular weight is 344 g/mol. The fourth-order valence-corrected chi connectivity index (χ4v) is 2.06. The van der Waals surface area contributed by atoms with Crippen LogP contribution in [0.25, 0.3) is 0 Å². The second kappa shape index (κ2) is 8.74. The van der Waals surface area contributed by atoms with Gasteiger partial charge < -0.3 is 19.9 Å². The van der Waals surface area contributed by atoms with Crippen LogP contribution < -0.4 is 10.1 Å². The van der Waals surface area contributed by atoms with E-state index in [4.69, 9.17) is 26.2 Å². The fourth-order valence-electron chi connectivity index (χ4n) is 1.94. The van der Waals surface area contributed by atoms with Crippen molar-refractivity contribution in [1.29, 1.82) is 0 Å². The van der Waals surface area contributed by atoms with Gasteiger partial charge >= 0.3 is 5.97 Å². The van der Waals surface area contributed by atoms with E-state index in [-0.39, 0.29) is 18.9 Å². The second-order valence-electron chi connectivity index (χ2n) is 5.48. The Balaban J connectivity index is 2.38. The first-order valence-electron chi connectivity index (χ1n) is 7.21. The molecule has 23 heavy (non-hydrogen) atoms. The maximum atomic E-state index is 11.8. The summed E-state index contributed by atoms with van der Waals surface area (Å²) in [6, 6.07) is 5.33. The third kappa shape index (κ3) is 6.08. The molecule has 2 N–H and O–H groups in total. The van der Waals surface area contributed by atoms with E-state index >= 15 is 0 Å². The second-order valence-corrected chi connectivity index (χ2v) is 5.89. The Morgan fingerprint density at radius 3 is 2.65 bits per heavy atom. The van der Waals surface area contributed by atoms with Gasteiger partial charge in [0.15, 0.2) is 5.54 Å². The SMILES string of the molecule is COCC(C)(NC(=O)CCCOc1ccc(Cl)c(C)c1)C(=O)O. The first-order chi connectivity index (χ1) is 10.8. The van der Waals surface area contributed by atoms with Crippen LogP contribution >= 0.6 is 11.6 Å². The molecule has 0 bridgehead atoms. The van der Waals surface area contributed by atoms with E-state index in [0.29, 0.717) is 23.8 Å². The van der Waals surface area contributed by atoms with E-state index in [2.05, 4.69) is 5.32 Å². The number of carbonyl (C=O) groups is 2. The van der Waals surface area contributed by atoms with E-state index in [1.807, 2.05) is 13.0 Å². The van der Waals surface area contributed by atoms with Gasteiger partial charge in [0.2, 0.25) is 5.91 Å². The minimum Gasteiger partial charge on any atom is -0.494 e. The lowest BCUT2D eigenvalue weighted by Gasteiger charge is -2.25. The first-order valence-corrected chi connectivity index (χ1v) is 7.58. The van der Waals surface area contributed by atoms with E-state index in [9.17, 15) is 9.59 Å². The Labute approximate surface area is 140 Å². The Hall–Kier alpha value is -1.79. The molecule has 1 amide bonds. The molecule has 1 aromatic rings. The molecule has 128 valence electrons. The lowest BCUT2D eigenvalue weighted by molar-refractivity contribution is -0.149. The molecule has 0 saturated carbocycles. The molecule has 0 spiro atoms. The number of aryl methyl sites for hydroxylation is 1. The van der Waals surface area contributed by atoms with Gasteiger partial charge in [-0.1, -0.05) is 11.6 Å². The molecule has 1 rings (SSSR count). The predicted molar refractivity (Wildman–Crippen MR) is 87.0 cm³/mol. The molecular weight excluding hydrogens is 322 g/mol. The van der Waals surface area contributed by atoms with Gasteiger partial charge in [-0.2, -0.15) is 0 Å². The Morgan fingerprint density at radius 1 is 1.39 bits per heavy atom. The van der Waals surface area contributed by atoms with Crippen molar-refractivity contribution in [1.82, 2.24) is 5.32 Å². The van der Waals surface area contributed by atoms with Gasteiger partial charge in [-0.3, -0.25) is 4.79 Å². The topological polar surface area (TPSA) is 84.9 Å². The number of methoxy groups -OCH3 is 1. The number of hydrogen-bond donors (Lipinski definition) is 2. The van der Waals surface area contributed by atoms with E-state index < -0.39 is 11.5 Å². The molecule has 0 heterocycles. The number of rotatable bonds is 9. The summed E-state index contributed by atoms with van der Waals surface area (Å²) < 4.78 is 10.4. The minimum absolute atomic E-state index is 0.103. The highest BCUT2D eigenvalue weighted by molar-refractivity contribution is 6.31. The molecule has 0 fully saturated rings. The summed E-state index contributed by atoms with van der Waals surface area (Å²) in [5.74, 6) is -0.814. The largest absolute Gasteiger partial charge is 0.494 e. The van der Waals surface area contributed by atoms with Crippen LogP contribution in [0.4, 0.5) is 0 Å². The standard InChI is InChI=1S/C16H22ClNO5/c1-11-9-12(6-7-13(11)17)23-8-4-5-14(19)18-16(2,10-22-3)15(20)21/h6-7,9H,4-5,8,10H2,1-3H3,(H,18,19)(H,20,21). The van der Waals surface area contributed by atoms with Crippen LogP contribution in [0.2, 0.25) is 5.02 Å². The highest BCUT2D eigenvalue weighted by Gasteiger charge is 2.34. The number of carbonyl (C=O) groups excluding carboxylic acids is 1. The number of carboxylic acid groups (broad SMARTS) is 1. The van der Waals surface area contributed by atoms with Crippen LogP contribution in [-0.2, 0) is 14.3 Å². The van der Waals surface area contributed by atoms with Crippen molar-refractivity contribution in [2.45, 2.75) is 32.2 Å². The molecule has 0 radical (unpaired) electrons. The highest BCUT2D eigenvalue weighted by Crippen LogP contribution is 2.21. The van der Waals surface area contributed by atoms with Crippen LogP contribution in [-0.4, -0.2) is 42.8 Å². The van der Waals surface area contributed by atoms with E-state index in [0.717, 1.165) is 5.56 Å². The Bertz CT molecular complexity index is 563. The lowest BCUT2D eigenvalue weighted by atomic mass is 10.0.